The number of halogens is 3. The van der Waals surface area contributed by atoms with Crippen LogP contribution in [0.25, 0.3) is 10.9 Å². The summed E-state index contributed by atoms with van der Waals surface area (Å²) >= 11 is -0.158. The van der Waals surface area contributed by atoms with E-state index in [9.17, 15) is 18.0 Å². The highest BCUT2D eigenvalue weighted by Gasteiger charge is 2.39. The van der Waals surface area contributed by atoms with Crippen molar-refractivity contribution in [3.63, 3.8) is 0 Å². The molecule has 2 aromatic carbocycles. The van der Waals surface area contributed by atoms with Gasteiger partial charge in [-0.05, 0) is 49.2 Å². The van der Waals surface area contributed by atoms with Gasteiger partial charge in [-0.15, -0.1) is 0 Å². The van der Waals surface area contributed by atoms with Crippen LogP contribution in [0.4, 0.5) is 18.9 Å². The molecule has 1 aromatic heterocycles. The van der Waals surface area contributed by atoms with Gasteiger partial charge in [0.2, 0.25) is 5.91 Å². The van der Waals surface area contributed by atoms with Gasteiger partial charge in [-0.1, -0.05) is 48.5 Å². The first-order chi connectivity index (χ1) is 13.8. The van der Waals surface area contributed by atoms with Gasteiger partial charge in [0.15, 0.2) is 0 Å². The van der Waals surface area contributed by atoms with Gasteiger partial charge in [0.1, 0.15) is 0 Å². The highest BCUT2D eigenvalue weighted by molar-refractivity contribution is 8.00. The Morgan fingerprint density at radius 3 is 2.48 bits per heavy atom. The number of carbonyl (C=O) groups is 1. The van der Waals surface area contributed by atoms with Gasteiger partial charge >= 0.3 is 5.51 Å². The second kappa shape index (κ2) is 8.86. The van der Waals surface area contributed by atoms with E-state index in [1.807, 2.05) is 42.5 Å². The van der Waals surface area contributed by atoms with E-state index < -0.39 is 16.8 Å². The van der Waals surface area contributed by atoms with Crippen LogP contribution in [-0.2, 0) is 11.2 Å². The third-order valence-corrected chi connectivity index (χ3v) is 5.90. The molecule has 0 spiro atoms. The molecular weight excluding hydrogens is 397 g/mol. The van der Waals surface area contributed by atoms with E-state index >= 15 is 0 Å². The van der Waals surface area contributed by atoms with Gasteiger partial charge in [-0.3, -0.25) is 9.78 Å². The summed E-state index contributed by atoms with van der Waals surface area (Å²) in [7, 11) is 0. The predicted octanol–water partition coefficient (Wildman–Crippen LogP) is 6.07. The van der Waals surface area contributed by atoms with Crippen molar-refractivity contribution in [2.45, 2.75) is 25.3 Å². The maximum absolute atomic E-state index is 13.1. The zero-order valence-corrected chi connectivity index (χ0v) is 16.7. The first kappa shape index (κ1) is 21.2. The van der Waals surface area contributed by atoms with Crippen LogP contribution in [0.5, 0.6) is 0 Å². The van der Waals surface area contributed by atoms with E-state index in [-0.39, 0.29) is 17.5 Å². The molecular formula is C22H21F3N2OS. The molecule has 0 aliphatic heterocycles. The number of aromatic nitrogens is 1. The molecule has 1 atom stereocenters. The Bertz CT molecular complexity index is 973. The molecule has 0 fully saturated rings. The summed E-state index contributed by atoms with van der Waals surface area (Å²) in [5.41, 5.74) is -3.51. The fourth-order valence-electron chi connectivity index (χ4n) is 3.04. The second-order valence-corrected chi connectivity index (χ2v) is 8.16. The number of hydrogen-bond acceptors (Lipinski definition) is 3. The van der Waals surface area contributed by atoms with E-state index in [2.05, 4.69) is 10.3 Å². The van der Waals surface area contributed by atoms with Gasteiger partial charge in [-0.25, -0.2) is 0 Å². The standard InChI is InChI=1S/C22H21F3N2OS/c1-21(15-29-22(23,24)25,13-12-16-7-3-2-4-8-16)20(28)27-18-11-5-9-17-10-6-14-26-19(17)18/h2-11,14H,12-13,15H2,1H3,(H,27,28). The van der Waals surface area contributed by atoms with Gasteiger partial charge in [0.25, 0.3) is 0 Å². The van der Waals surface area contributed by atoms with Crippen molar-refractivity contribution >= 4 is 34.3 Å². The Labute approximate surface area is 171 Å². The third kappa shape index (κ3) is 5.73. The molecule has 3 rings (SSSR count). The van der Waals surface area contributed by atoms with Crippen LogP contribution in [0.15, 0.2) is 66.9 Å². The average Bonchev–Trinajstić information content (AvgIpc) is 2.71. The number of anilines is 1. The van der Waals surface area contributed by atoms with Crippen molar-refractivity contribution in [1.29, 1.82) is 0 Å². The minimum absolute atomic E-state index is 0.158. The van der Waals surface area contributed by atoms with E-state index in [1.165, 1.54) is 0 Å². The molecule has 0 saturated carbocycles. The highest BCUT2D eigenvalue weighted by Crippen LogP contribution is 2.38. The number of rotatable bonds is 7. The number of hydrogen-bond donors (Lipinski definition) is 1. The lowest BCUT2D eigenvalue weighted by atomic mass is 9.85. The van der Waals surface area contributed by atoms with E-state index in [0.717, 1.165) is 10.9 Å². The molecule has 1 heterocycles. The smallest absolute Gasteiger partial charge is 0.324 e. The molecule has 0 saturated heterocycles. The second-order valence-electron chi connectivity index (χ2n) is 7.12. The number of benzene rings is 2. The molecule has 29 heavy (non-hydrogen) atoms. The number of fused-ring (bicyclic) bond motifs is 1. The summed E-state index contributed by atoms with van der Waals surface area (Å²) < 4.78 is 38.6. The molecule has 1 unspecified atom stereocenters. The summed E-state index contributed by atoms with van der Waals surface area (Å²) in [5, 5.41) is 3.66. The molecule has 0 aliphatic rings. The topological polar surface area (TPSA) is 42.0 Å². The van der Waals surface area contributed by atoms with Gasteiger partial charge < -0.3 is 5.32 Å². The van der Waals surface area contributed by atoms with Crippen molar-refractivity contribution in [3.05, 3.63) is 72.4 Å². The predicted molar refractivity (Wildman–Crippen MR) is 112 cm³/mol. The normalized spacial score (nSPS) is 13.8. The maximum Gasteiger partial charge on any atom is 0.441 e. The first-order valence-corrected chi connectivity index (χ1v) is 10.2. The maximum atomic E-state index is 13.1. The van der Waals surface area contributed by atoms with Gasteiger partial charge in [0, 0.05) is 17.3 Å². The summed E-state index contributed by atoms with van der Waals surface area (Å²) in [6.45, 7) is 1.59. The van der Waals surface area contributed by atoms with Crippen LogP contribution in [-0.4, -0.2) is 22.2 Å². The molecule has 0 bridgehead atoms. The van der Waals surface area contributed by atoms with Gasteiger partial charge in [-0.2, -0.15) is 13.2 Å². The highest BCUT2D eigenvalue weighted by atomic mass is 32.2. The van der Waals surface area contributed by atoms with Crippen molar-refractivity contribution in [2.24, 2.45) is 5.41 Å². The summed E-state index contributed by atoms with van der Waals surface area (Å²) in [5.74, 6) is -0.795. The number of alkyl halides is 3. The van der Waals surface area contributed by atoms with Crippen LogP contribution in [0.1, 0.15) is 18.9 Å². The summed E-state index contributed by atoms with van der Waals surface area (Å²) in [6, 6.07) is 18.5. The van der Waals surface area contributed by atoms with E-state index in [1.54, 1.807) is 31.3 Å². The number of para-hydroxylation sites is 1. The average molecular weight is 418 g/mol. The lowest BCUT2D eigenvalue weighted by Gasteiger charge is -2.28. The van der Waals surface area contributed by atoms with Crippen molar-refractivity contribution < 1.29 is 18.0 Å². The third-order valence-electron chi connectivity index (χ3n) is 4.79. The van der Waals surface area contributed by atoms with Crippen molar-refractivity contribution in [3.8, 4) is 0 Å². The Balaban J connectivity index is 1.82. The molecule has 152 valence electrons. The lowest BCUT2D eigenvalue weighted by molar-refractivity contribution is -0.124. The minimum atomic E-state index is -4.39. The number of amides is 1. The Hall–Kier alpha value is -2.54. The molecule has 3 nitrogen and oxygen atoms in total. The zero-order valence-electron chi connectivity index (χ0n) is 15.9. The Morgan fingerprint density at radius 2 is 1.76 bits per heavy atom. The molecule has 1 amide bonds. The molecule has 1 N–H and O–H groups in total. The fraction of sp³-hybridized carbons (Fsp3) is 0.273. The zero-order chi connectivity index (χ0) is 20.9. The largest absolute Gasteiger partial charge is 0.441 e. The summed E-state index contributed by atoms with van der Waals surface area (Å²) in [4.78, 5) is 17.4. The Kier molecular flexibility index (Phi) is 6.47. The van der Waals surface area contributed by atoms with E-state index in [4.69, 9.17) is 0 Å². The number of thioether (sulfide) groups is 1. The number of nitrogens with one attached hydrogen (secondary N) is 1. The van der Waals surface area contributed by atoms with Crippen LogP contribution in [0.2, 0.25) is 0 Å². The van der Waals surface area contributed by atoms with Crippen LogP contribution >= 0.6 is 11.8 Å². The molecule has 0 radical (unpaired) electrons. The number of nitrogens with zero attached hydrogens (tertiary/aromatic N) is 1. The fourth-order valence-corrected chi connectivity index (χ4v) is 3.79. The van der Waals surface area contributed by atoms with Crippen LogP contribution < -0.4 is 5.32 Å². The monoisotopic (exact) mass is 418 g/mol. The molecule has 0 aliphatic carbocycles. The van der Waals surface area contributed by atoms with Crippen LogP contribution in [0.3, 0.4) is 0 Å². The Morgan fingerprint density at radius 1 is 1.03 bits per heavy atom. The first-order valence-electron chi connectivity index (χ1n) is 9.17. The van der Waals surface area contributed by atoms with E-state index in [0.29, 0.717) is 24.0 Å². The number of carbonyl (C=O) groups excluding carboxylic acids is 1. The number of pyridine rings is 1. The summed E-state index contributed by atoms with van der Waals surface area (Å²) in [6.07, 6.45) is 2.42. The lowest BCUT2D eigenvalue weighted by Crippen LogP contribution is -2.37. The van der Waals surface area contributed by atoms with Crippen molar-refractivity contribution in [2.75, 3.05) is 11.1 Å². The number of aryl methyl sites for hydroxylation is 1. The molecule has 3 aromatic rings. The molecule has 7 heteroatoms. The SMILES string of the molecule is CC(CCc1ccccc1)(CSC(F)(F)F)C(=O)Nc1cccc2cccnc12. The minimum Gasteiger partial charge on any atom is -0.324 e. The van der Waals surface area contributed by atoms with Crippen molar-refractivity contribution in [1.82, 2.24) is 4.98 Å². The van der Waals surface area contributed by atoms with Gasteiger partial charge in [0.05, 0.1) is 16.6 Å². The van der Waals surface area contributed by atoms with Crippen LogP contribution in [0, 0.1) is 5.41 Å². The quantitative estimate of drug-likeness (QED) is 0.507.